The number of carbonyl (C=O) groups excluding carboxylic acids is 4. The topological polar surface area (TPSA) is 147 Å². The van der Waals surface area contributed by atoms with Crippen molar-refractivity contribution in [1.82, 2.24) is 0 Å². The summed E-state index contributed by atoms with van der Waals surface area (Å²) >= 11 is 0. The Labute approximate surface area is 256 Å². The van der Waals surface area contributed by atoms with Gasteiger partial charge in [0.05, 0.1) is 23.3 Å². The van der Waals surface area contributed by atoms with Crippen LogP contribution in [0, 0.1) is 11.8 Å². The molecule has 2 fully saturated rings. The average Bonchev–Trinajstić information content (AvgIpc) is 3.61. The summed E-state index contributed by atoms with van der Waals surface area (Å²) < 4.78 is 34.7. The molecule has 1 aromatic carbocycles. The lowest BCUT2D eigenvalue weighted by atomic mass is 9.73. The van der Waals surface area contributed by atoms with E-state index in [4.69, 9.17) is 28.4 Å². The van der Waals surface area contributed by atoms with Crippen molar-refractivity contribution in [3.05, 3.63) is 71.5 Å². The predicted octanol–water partition coefficient (Wildman–Crippen LogP) is 3.95. The Balaban J connectivity index is 1.78. The Morgan fingerprint density at radius 2 is 1.66 bits per heavy atom. The largest absolute Gasteiger partial charge is 0.462 e. The van der Waals surface area contributed by atoms with Crippen molar-refractivity contribution >= 4 is 23.9 Å². The Morgan fingerprint density at radius 3 is 2.25 bits per heavy atom. The summed E-state index contributed by atoms with van der Waals surface area (Å²) in [6.45, 7) is 13.4. The number of benzene rings is 1. The van der Waals surface area contributed by atoms with E-state index in [0.29, 0.717) is 24.0 Å². The molecule has 0 amide bonds. The summed E-state index contributed by atoms with van der Waals surface area (Å²) in [5, 5.41) is 11.7. The maximum Gasteiger partial charge on any atom is 0.338 e. The quantitative estimate of drug-likeness (QED) is 0.197. The smallest absolute Gasteiger partial charge is 0.338 e. The van der Waals surface area contributed by atoms with Crippen molar-refractivity contribution in [2.75, 3.05) is 0 Å². The van der Waals surface area contributed by atoms with Gasteiger partial charge in [-0.3, -0.25) is 14.4 Å². The minimum Gasteiger partial charge on any atom is -0.462 e. The van der Waals surface area contributed by atoms with E-state index in [1.165, 1.54) is 27.0 Å². The zero-order valence-corrected chi connectivity index (χ0v) is 25.8. The Hall–Kier alpha value is -3.96. The van der Waals surface area contributed by atoms with Crippen LogP contribution in [-0.2, 0) is 42.8 Å². The Morgan fingerprint density at radius 1 is 1.00 bits per heavy atom. The Kier molecular flexibility index (Phi) is 10.00. The van der Waals surface area contributed by atoms with Crippen LogP contribution < -0.4 is 0 Å². The third-order valence-corrected chi connectivity index (χ3v) is 8.06. The van der Waals surface area contributed by atoms with Crippen LogP contribution in [0.1, 0.15) is 64.7 Å². The first-order valence-electron chi connectivity index (χ1n) is 14.5. The van der Waals surface area contributed by atoms with Gasteiger partial charge in [-0.05, 0) is 57.4 Å². The molecule has 2 aliphatic heterocycles. The monoisotopic (exact) mass is 612 g/mol. The molecule has 238 valence electrons. The highest BCUT2D eigenvalue weighted by molar-refractivity contribution is 5.89. The molecule has 0 bridgehead atoms. The summed E-state index contributed by atoms with van der Waals surface area (Å²) in [4.78, 5) is 49.7. The fourth-order valence-corrected chi connectivity index (χ4v) is 6.02. The maximum absolute atomic E-state index is 13.1. The number of rotatable bonds is 8. The summed E-state index contributed by atoms with van der Waals surface area (Å²) in [6.07, 6.45) is -2.71. The minimum absolute atomic E-state index is 0.172. The van der Waals surface area contributed by atoms with Crippen molar-refractivity contribution < 1.29 is 52.7 Å². The van der Waals surface area contributed by atoms with E-state index >= 15 is 0 Å². The van der Waals surface area contributed by atoms with Crippen LogP contribution in [-0.4, -0.2) is 71.4 Å². The number of allylic oxidation sites excluding steroid dienone is 1. The number of aliphatic hydroxyl groups is 1. The molecule has 0 aromatic heterocycles. The molecule has 11 heteroatoms. The third-order valence-electron chi connectivity index (χ3n) is 8.06. The van der Waals surface area contributed by atoms with Gasteiger partial charge in [0.25, 0.3) is 0 Å². The average molecular weight is 613 g/mol. The van der Waals surface area contributed by atoms with E-state index in [1.54, 1.807) is 36.4 Å². The molecule has 1 aliphatic carbocycles. The van der Waals surface area contributed by atoms with Gasteiger partial charge in [-0.2, -0.15) is 0 Å². The number of aliphatic hydroxyl groups excluding tert-OH is 1. The molecule has 1 aromatic rings. The molecule has 0 spiro atoms. The molecule has 11 nitrogen and oxygen atoms in total. The zero-order valence-electron chi connectivity index (χ0n) is 25.8. The first-order valence-corrected chi connectivity index (χ1v) is 14.5. The molecule has 1 N–H and O–H groups in total. The molecule has 44 heavy (non-hydrogen) atoms. The van der Waals surface area contributed by atoms with Crippen molar-refractivity contribution in [3.63, 3.8) is 0 Å². The van der Waals surface area contributed by atoms with Crippen LogP contribution in [0.2, 0.25) is 0 Å². The summed E-state index contributed by atoms with van der Waals surface area (Å²) in [5.74, 6) is -3.94. The lowest BCUT2D eigenvalue weighted by molar-refractivity contribution is -0.184. The van der Waals surface area contributed by atoms with E-state index < -0.39 is 78.1 Å². The van der Waals surface area contributed by atoms with Crippen molar-refractivity contribution in [2.24, 2.45) is 11.8 Å². The normalized spacial score (nSPS) is 30.5. The Bertz CT molecular complexity index is 1340. The first kappa shape index (κ1) is 32.9. The first-order chi connectivity index (χ1) is 20.7. The van der Waals surface area contributed by atoms with Crippen LogP contribution in [0.3, 0.4) is 0 Å². The van der Waals surface area contributed by atoms with Gasteiger partial charge in [0, 0.05) is 32.3 Å². The summed E-state index contributed by atoms with van der Waals surface area (Å²) in [5.41, 5.74) is 0.940. The third kappa shape index (κ3) is 7.39. The number of ether oxygens (including phenoxy) is 6. The molecule has 9 atom stereocenters. The van der Waals surface area contributed by atoms with E-state index in [1.807, 2.05) is 20.8 Å². The van der Waals surface area contributed by atoms with Crippen molar-refractivity contribution in [3.8, 4) is 0 Å². The summed E-state index contributed by atoms with van der Waals surface area (Å²) in [6, 6.07) is 8.38. The molecule has 9 unspecified atom stereocenters. The van der Waals surface area contributed by atoms with Crippen LogP contribution in [0.15, 0.2) is 66.0 Å². The van der Waals surface area contributed by atoms with Gasteiger partial charge in [-0.1, -0.05) is 30.4 Å². The van der Waals surface area contributed by atoms with Crippen LogP contribution >= 0.6 is 0 Å². The van der Waals surface area contributed by atoms with Crippen LogP contribution in [0.5, 0.6) is 0 Å². The molecular weight excluding hydrogens is 572 g/mol. The number of carbonyl (C=O) groups is 4. The lowest BCUT2D eigenvalue weighted by Crippen LogP contribution is -2.47. The van der Waals surface area contributed by atoms with Crippen LogP contribution in [0.4, 0.5) is 0 Å². The summed E-state index contributed by atoms with van der Waals surface area (Å²) in [7, 11) is 0. The molecular formula is C33H40O11. The molecule has 2 heterocycles. The lowest BCUT2D eigenvalue weighted by Gasteiger charge is -2.42. The molecule has 0 radical (unpaired) electrons. The highest BCUT2D eigenvalue weighted by Gasteiger charge is 2.62. The van der Waals surface area contributed by atoms with E-state index in [-0.39, 0.29) is 5.57 Å². The fraction of sp³-hybridized carbons (Fsp3) is 0.515. The van der Waals surface area contributed by atoms with Crippen molar-refractivity contribution in [2.45, 2.75) is 96.8 Å². The van der Waals surface area contributed by atoms with Gasteiger partial charge < -0.3 is 33.5 Å². The van der Waals surface area contributed by atoms with Gasteiger partial charge in [0.1, 0.15) is 12.2 Å². The fourth-order valence-electron chi connectivity index (χ4n) is 6.02. The van der Waals surface area contributed by atoms with E-state index in [9.17, 15) is 24.3 Å². The highest BCUT2D eigenvalue weighted by Crippen LogP contribution is 2.52. The van der Waals surface area contributed by atoms with Crippen LogP contribution in [0.25, 0.3) is 0 Å². The number of fused-ring (bicyclic) bond motifs is 2. The van der Waals surface area contributed by atoms with Gasteiger partial charge in [0.2, 0.25) is 6.29 Å². The standard InChI is InChI=1S/C33H40O11/c1-17(2)15-25(40-19(4)34)28(41-20(5)35)24-16-39-32(42-21(6)36)26-18(3)27(37)29(30-33(7,44-30)14-13-23(24)26)43-31(38)22-11-9-8-10-12-22/h8-12,15-16,23,25-30,32,37H,3,13-14H2,1-2,4-7H3. The highest BCUT2D eigenvalue weighted by atomic mass is 16.7. The second-order valence-corrected chi connectivity index (χ2v) is 11.9. The van der Waals surface area contributed by atoms with Gasteiger partial charge >= 0.3 is 23.9 Å². The van der Waals surface area contributed by atoms with E-state index in [0.717, 1.165) is 5.57 Å². The van der Waals surface area contributed by atoms with Gasteiger partial charge in [0.15, 0.2) is 18.3 Å². The number of hydrogen-bond acceptors (Lipinski definition) is 11. The predicted molar refractivity (Wildman–Crippen MR) is 156 cm³/mol. The van der Waals surface area contributed by atoms with E-state index in [2.05, 4.69) is 6.58 Å². The molecule has 4 rings (SSSR count). The minimum atomic E-state index is -1.45. The SMILES string of the molecule is C=C1C(O)C(OC(=O)c2ccccc2)C2OC2(C)CCC2C(C(OC(C)=O)C(C=C(C)C)OC(C)=O)=COC(OC(C)=O)C12. The van der Waals surface area contributed by atoms with Crippen molar-refractivity contribution in [1.29, 1.82) is 0 Å². The molecule has 1 saturated heterocycles. The second-order valence-electron chi connectivity index (χ2n) is 11.9. The molecule has 3 aliphatic rings. The number of epoxide rings is 1. The van der Waals surface area contributed by atoms with Gasteiger partial charge in [-0.25, -0.2) is 4.79 Å². The molecule has 1 saturated carbocycles. The zero-order chi connectivity index (χ0) is 32.3. The maximum atomic E-state index is 13.1. The second kappa shape index (κ2) is 13.4. The van der Waals surface area contributed by atoms with Gasteiger partial charge in [-0.15, -0.1) is 0 Å². The number of hydrogen-bond donors (Lipinski definition) is 1. The number of esters is 4.